The molecule has 5 nitrogen and oxygen atoms in total. The molecular formula is C25H26N4O. The molecule has 2 heterocycles. The van der Waals surface area contributed by atoms with E-state index in [9.17, 15) is 0 Å². The Morgan fingerprint density at radius 1 is 0.967 bits per heavy atom. The van der Waals surface area contributed by atoms with Crippen LogP contribution in [0.1, 0.15) is 43.7 Å². The lowest BCUT2D eigenvalue weighted by Crippen LogP contribution is -2.12. The zero-order chi connectivity index (χ0) is 20.3. The van der Waals surface area contributed by atoms with Gasteiger partial charge in [0.1, 0.15) is 30.1 Å². The molecule has 5 heteroatoms. The van der Waals surface area contributed by atoms with Gasteiger partial charge < -0.3 is 15.0 Å². The fourth-order valence-electron chi connectivity index (χ4n) is 4.46. The summed E-state index contributed by atoms with van der Waals surface area (Å²) in [6.07, 6.45) is 10.0. The number of benzene rings is 2. The number of ether oxygens (including phenoxy) is 1. The van der Waals surface area contributed by atoms with Crippen molar-refractivity contribution in [2.75, 3.05) is 5.73 Å². The number of aromatic nitrogens is 3. The first kappa shape index (κ1) is 18.7. The number of nitrogen functional groups attached to an aromatic ring is 1. The predicted molar refractivity (Wildman–Crippen MR) is 120 cm³/mol. The van der Waals surface area contributed by atoms with Crippen LogP contribution in [-0.4, -0.2) is 14.5 Å². The molecule has 0 bridgehead atoms. The third kappa shape index (κ3) is 3.63. The van der Waals surface area contributed by atoms with E-state index in [1.54, 1.807) is 6.33 Å². The second kappa shape index (κ2) is 8.19. The summed E-state index contributed by atoms with van der Waals surface area (Å²) in [5.74, 6) is 1.37. The van der Waals surface area contributed by atoms with E-state index < -0.39 is 0 Å². The Morgan fingerprint density at radius 3 is 2.63 bits per heavy atom. The van der Waals surface area contributed by atoms with Crippen LogP contribution in [0.15, 0.2) is 67.1 Å². The summed E-state index contributed by atoms with van der Waals surface area (Å²) < 4.78 is 8.37. The zero-order valence-corrected chi connectivity index (χ0v) is 17.0. The van der Waals surface area contributed by atoms with Crippen molar-refractivity contribution in [2.24, 2.45) is 0 Å². The van der Waals surface area contributed by atoms with Gasteiger partial charge in [0.2, 0.25) is 0 Å². The number of anilines is 1. The summed E-state index contributed by atoms with van der Waals surface area (Å²) >= 11 is 0. The maximum atomic E-state index is 6.31. The second-order valence-electron chi connectivity index (χ2n) is 8.00. The molecule has 30 heavy (non-hydrogen) atoms. The van der Waals surface area contributed by atoms with Gasteiger partial charge in [-0.05, 0) is 36.1 Å². The normalized spacial score (nSPS) is 14.8. The zero-order valence-electron chi connectivity index (χ0n) is 17.0. The van der Waals surface area contributed by atoms with Crippen molar-refractivity contribution in [3.05, 3.63) is 72.7 Å². The van der Waals surface area contributed by atoms with Crippen molar-refractivity contribution in [3.63, 3.8) is 0 Å². The third-order valence-corrected chi connectivity index (χ3v) is 6.00. The van der Waals surface area contributed by atoms with Gasteiger partial charge in [0.05, 0.1) is 5.39 Å². The first-order valence-electron chi connectivity index (χ1n) is 10.7. The highest BCUT2D eigenvalue weighted by Gasteiger charge is 2.22. The summed E-state index contributed by atoms with van der Waals surface area (Å²) in [4.78, 5) is 8.87. The van der Waals surface area contributed by atoms with E-state index in [1.165, 1.54) is 32.1 Å². The molecule has 2 aromatic carbocycles. The van der Waals surface area contributed by atoms with Gasteiger partial charge >= 0.3 is 0 Å². The maximum absolute atomic E-state index is 6.31. The molecule has 1 fully saturated rings. The predicted octanol–water partition coefficient (Wildman–Crippen LogP) is 5.76. The summed E-state index contributed by atoms with van der Waals surface area (Å²) in [5.41, 5.74) is 10.5. The van der Waals surface area contributed by atoms with Crippen molar-refractivity contribution < 1.29 is 4.74 Å². The topological polar surface area (TPSA) is 66.0 Å². The standard InChI is InChI=1S/C25H26N4O/c26-24-23-22(15-29(25(23)28-17-27-24)20-11-5-2-6-12-20)19-10-7-13-21(14-19)30-16-18-8-3-1-4-9-18/h1,3-4,7-10,13-15,17,20H,2,5-6,11-12,16H2,(H2,26,27,28). The number of rotatable bonds is 5. The number of nitrogens with two attached hydrogens (primary N) is 1. The van der Waals surface area contributed by atoms with Crippen molar-refractivity contribution >= 4 is 16.9 Å². The average molecular weight is 399 g/mol. The van der Waals surface area contributed by atoms with Gasteiger partial charge in [0.25, 0.3) is 0 Å². The van der Waals surface area contributed by atoms with Crippen molar-refractivity contribution in [2.45, 2.75) is 44.8 Å². The van der Waals surface area contributed by atoms with Crippen LogP contribution < -0.4 is 10.5 Å². The summed E-state index contributed by atoms with van der Waals surface area (Å²) in [6, 6.07) is 18.9. The van der Waals surface area contributed by atoms with E-state index in [0.717, 1.165) is 33.5 Å². The Hall–Kier alpha value is -3.34. The van der Waals surface area contributed by atoms with Gasteiger partial charge in [-0.3, -0.25) is 0 Å². The lowest BCUT2D eigenvalue weighted by molar-refractivity contribution is 0.306. The average Bonchev–Trinajstić information content (AvgIpc) is 3.20. The number of hydrogen-bond donors (Lipinski definition) is 1. The first-order chi connectivity index (χ1) is 14.8. The van der Waals surface area contributed by atoms with Crippen LogP contribution in [0.3, 0.4) is 0 Å². The van der Waals surface area contributed by atoms with Gasteiger partial charge in [0, 0.05) is 17.8 Å². The molecule has 5 rings (SSSR count). The molecule has 0 unspecified atom stereocenters. The smallest absolute Gasteiger partial charge is 0.146 e. The summed E-state index contributed by atoms with van der Waals surface area (Å²) in [6.45, 7) is 0.541. The molecular weight excluding hydrogens is 372 g/mol. The van der Waals surface area contributed by atoms with Crippen LogP contribution in [0.25, 0.3) is 22.2 Å². The molecule has 0 amide bonds. The second-order valence-corrected chi connectivity index (χ2v) is 8.00. The SMILES string of the molecule is Nc1ncnc2c1c(-c1cccc(OCc3ccccc3)c1)cn2C1CCCCC1. The molecule has 2 aromatic heterocycles. The van der Waals surface area contributed by atoms with E-state index in [1.807, 2.05) is 30.3 Å². The van der Waals surface area contributed by atoms with E-state index in [-0.39, 0.29) is 0 Å². The molecule has 1 aliphatic rings. The third-order valence-electron chi connectivity index (χ3n) is 6.00. The Balaban J connectivity index is 1.51. The van der Waals surface area contributed by atoms with Gasteiger partial charge in [-0.2, -0.15) is 0 Å². The Kier molecular flexibility index (Phi) is 5.10. The van der Waals surface area contributed by atoms with E-state index in [2.05, 4.69) is 45.0 Å². The summed E-state index contributed by atoms with van der Waals surface area (Å²) in [7, 11) is 0. The Morgan fingerprint density at radius 2 is 1.80 bits per heavy atom. The highest BCUT2D eigenvalue weighted by atomic mass is 16.5. The molecule has 4 aromatic rings. The number of hydrogen-bond acceptors (Lipinski definition) is 4. The molecule has 2 N–H and O–H groups in total. The minimum Gasteiger partial charge on any atom is -0.489 e. The molecule has 0 spiro atoms. The minimum absolute atomic E-state index is 0.474. The molecule has 0 atom stereocenters. The molecule has 1 aliphatic carbocycles. The minimum atomic E-state index is 0.474. The molecule has 0 saturated heterocycles. The van der Waals surface area contributed by atoms with E-state index in [0.29, 0.717) is 18.5 Å². The molecule has 0 radical (unpaired) electrons. The number of fused-ring (bicyclic) bond motifs is 1. The van der Waals surface area contributed by atoms with Crippen molar-refractivity contribution in [1.29, 1.82) is 0 Å². The highest BCUT2D eigenvalue weighted by molar-refractivity contribution is 6.00. The lowest BCUT2D eigenvalue weighted by atomic mass is 9.95. The van der Waals surface area contributed by atoms with Crippen LogP contribution in [0.2, 0.25) is 0 Å². The largest absolute Gasteiger partial charge is 0.489 e. The van der Waals surface area contributed by atoms with Crippen LogP contribution in [-0.2, 0) is 6.61 Å². The molecule has 1 saturated carbocycles. The number of nitrogens with zero attached hydrogens (tertiary/aromatic N) is 3. The van der Waals surface area contributed by atoms with Gasteiger partial charge in [-0.1, -0.05) is 61.7 Å². The Labute approximate surface area is 176 Å². The van der Waals surface area contributed by atoms with Crippen LogP contribution in [0.5, 0.6) is 5.75 Å². The fraction of sp³-hybridized carbons (Fsp3) is 0.280. The van der Waals surface area contributed by atoms with Crippen molar-refractivity contribution in [3.8, 4) is 16.9 Å². The van der Waals surface area contributed by atoms with Gasteiger partial charge in [0.15, 0.2) is 0 Å². The van der Waals surface area contributed by atoms with E-state index in [4.69, 9.17) is 10.5 Å². The fourth-order valence-corrected chi connectivity index (χ4v) is 4.46. The monoisotopic (exact) mass is 398 g/mol. The molecule has 0 aliphatic heterocycles. The first-order valence-corrected chi connectivity index (χ1v) is 10.7. The van der Waals surface area contributed by atoms with Crippen LogP contribution in [0, 0.1) is 0 Å². The van der Waals surface area contributed by atoms with Crippen LogP contribution in [0.4, 0.5) is 5.82 Å². The van der Waals surface area contributed by atoms with Crippen LogP contribution >= 0.6 is 0 Å². The maximum Gasteiger partial charge on any atom is 0.146 e. The van der Waals surface area contributed by atoms with E-state index >= 15 is 0 Å². The van der Waals surface area contributed by atoms with Crippen molar-refractivity contribution in [1.82, 2.24) is 14.5 Å². The van der Waals surface area contributed by atoms with Gasteiger partial charge in [-0.25, -0.2) is 9.97 Å². The quantitative estimate of drug-likeness (QED) is 0.464. The Bertz CT molecular complexity index is 1150. The summed E-state index contributed by atoms with van der Waals surface area (Å²) in [5, 5.41) is 0.934. The van der Waals surface area contributed by atoms with Gasteiger partial charge in [-0.15, -0.1) is 0 Å². The highest BCUT2D eigenvalue weighted by Crippen LogP contribution is 2.38. The lowest BCUT2D eigenvalue weighted by Gasteiger charge is -2.23. The molecule has 152 valence electrons.